The zero-order valence-electron chi connectivity index (χ0n) is 9.74. The number of hydrogen-bond donors (Lipinski definition) is 2. The molecule has 0 aromatic carbocycles. The topological polar surface area (TPSA) is 37.0 Å². The number of nitrogens with zero attached hydrogens (tertiary/aromatic N) is 1. The van der Waals surface area contributed by atoms with Gasteiger partial charge in [0, 0.05) is 13.1 Å². The average molecular weight is 217 g/mol. The van der Waals surface area contributed by atoms with Gasteiger partial charge in [0.2, 0.25) is 0 Å². The summed E-state index contributed by atoms with van der Waals surface area (Å²) in [6, 6.07) is 6.77. The van der Waals surface area contributed by atoms with Gasteiger partial charge < -0.3 is 10.6 Å². The first-order valence-corrected chi connectivity index (χ1v) is 6.26. The van der Waals surface area contributed by atoms with E-state index in [4.69, 9.17) is 0 Å². The number of fused-ring (bicyclic) bond motifs is 2. The first-order valence-electron chi connectivity index (χ1n) is 6.26. The number of hydrogen-bond acceptors (Lipinski definition) is 3. The molecule has 1 aromatic rings. The van der Waals surface area contributed by atoms with E-state index in [0.717, 1.165) is 23.5 Å². The number of pyridine rings is 1. The van der Waals surface area contributed by atoms with Crippen molar-refractivity contribution < 1.29 is 0 Å². The minimum Gasteiger partial charge on any atom is -0.373 e. The monoisotopic (exact) mass is 217 g/mol. The van der Waals surface area contributed by atoms with Crippen LogP contribution >= 0.6 is 0 Å². The molecule has 3 nitrogen and oxygen atoms in total. The molecule has 0 radical (unpaired) electrons. The Kier molecular flexibility index (Phi) is 2.46. The minimum atomic E-state index is 0.665. The van der Waals surface area contributed by atoms with E-state index >= 15 is 0 Å². The lowest BCUT2D eigenvalue weighted by molar-refractivity contribution is 0.439. The fourth-order valence-corrected chi connectivity index (χ4v) is 3.27. The summed E-state index contributed by atoms with van der Waals surface area (Å²) in [5, 5.41) is 6.67. The summed E-state index contributed by atoms with van der Waals surface area (Å²) in [5.41, 5.74) is 0. The smallest absolute Gasteiger partial charge is 0.128 e. The summed E-state index contributed by atoms with van der Waals surface area (Å²) < 4.78 is 0. The van der Waals surface area contributed by atoms with Gasteiger partial charge in [-0.15, -0.1) is 0 Å². The van der Waals surface area contributed by atoms with Crippen LogP contribution in [-0.4, -0.2) is 18.1 Å². The van der Waals surface area contributed by atoms with Crippen molar-refractivity contribution in [2.75, 3.05) is 17.7 Å². The Bertz CT molecular complexity index is 377. The molecule has 2 N–H and O–H groups in total. The van der Waals surface area contributed by atoms with Gasteiger partial charge in [0.05, 0.1) is 0 Å². The molecule has 0 spiro atoms. The van der Waals surface area contributed by atoms with Crippen molar-refractivity contribution in [1.29, 1.82) is 0 Å². The molecule has 0 saturated heterocycles. The molecule has 2 saturated carbocycles. The summed E-state index contributed by atoms with van der Waals surface area (Å²) in [6.45, 7) is 0. The lowest BCUT2D eigenvalue weighted by Gasteiger charge is -2.23. The van der Waals surface area contributed by atoms with Crippen molar-refractivity contribution in [2.24, 2.45) is 11.8 Å². The lowest BCUT2D eigenvalue weighted by atomic mass is 9.95. The molecule has 0 amide bonds. The Morgan fingerprint density at radius 3 is 2.75 bits per heavy atom. The molecule has 2 aliphatic rings. The Hall–Kier alpha value is -1.25. The van der Waals surface area contributed by atoms with Gasteiger partial charge in [-0.25, -0.2) is 4.98 Å². The predicted molar refractivity (Wildman–Crippen MR) is 66.6 cm³/mol. The zero-order valence-corrected chi connectivity index (χ0v) is 9.74. The maximum Gasteiger partial charge on any atom is 0.128 e. The molecule has 3 unspecified atom stereocenters. The summed E-state index contributed by atoms with van der Waals surface area (Å²) >= 11 is 0. The Morgan fingerprint density at radius 2 is 2.06 bits per heavy atom. The molecular weight excluding hydrogens is 198 g/mol. The lowest BCUT2D eigenvalue weighted by Crippen LogP contribution is -2.26. The molecule has 16 heavy (non-hydrogen) atoms. The van der Waals surface area contributed by atoms with Gasteiger partial charge >= 0.3 is 0 Å². The van der Waals surface area contributed by atoms with E-state index in [2.05, 4.69) is 21.7 Å². The van der Waals surface area contributed by atoms with Gasteiger partial charge in [-0.2, -0.15) is 0 Å². The molecule has 1 heterocycles. The second kappa shape index (κ2) is 3.96. The standard InChI is InChI=1S/C13H19N3/c1-14-12-3-2-4-13(16-12)15-11-8-9-5-6-10(11)7-9/h2-4,9-11H,5-8H2,1H3,(H2,14,15,16). The zero-order chi connectivity index (χ0) is 11.0. The molecule has 2 fully saturated rings. The average Bonchev–Trinajstić information content (AvgIpc) is 2.91. The van der Waals surface area contributed by atoms with Crippen LogP contribution in [0.2, 0.25) is 0 Å². The molecule has 86 valence electrons. The quantitative estimate of drug-likeness (QED) is 0.817. The minimum absolute atomic E-state index is 0.665. The van der Waals surface area contributed by atoms with Crippen LogP contribution in [0.25, 0.3) is 0 Å². The van der Waals surface area contributed by atoms with Crippen molar-refractivity contribution in [3.63, 3.8) is 0 Å². The first kappa shape index (κ1) is 9.94. The number of aromatic nitrogens is 1. The van der Waals surface area contributed by atoms with Crippen LogP contribution in [0.5, 0.6) is 0 Å². The third-order valence-electron chi connectivity index (χ3n) is 4.08. The highest BCUT2D eigenvalue weighted by atomic mass is 15.1. The molecule has 3 atom stereocenters. The van der Waals surface area contributed by atoms with Crippen LogP contribution in [-0.2, 0) is 0 Å². The number of anilines is 2. The fraction of sp³-hybridized carbons (Fsp3) is 0.615. The van der Waals surface area contributed by atoms with Gasteiger partial charge in [-0.1, -0.05) is 12.5 Å². The van der Waals surface area contributed by atoms with Gasteiger partial charge in [0.25, 0.3) is 0 Å². The normalized spacial score (nSPS) is 31.7. The van der Waals surface area contributed by atoms with Crippen molar-refractivity contribution in [3.8, 4) is 0 Å². The van der Waals surface area contributed by atoms with Crippen molar-refractivity contribution in [3.05, 3.63) is 18.2 Å². The van der Waals surface area contributed by atoms with Gasteiger partial charge in [0.1, 0.15) is 11.6 Å². The summed E-state index contributed by atoms with van der Waals surface area (Å²) in [7, 11) is 1.91. The van der Waals surface area contributed by atoms with E-state index in [9.17, 15) is 0 Å². The number of rotatable bonds is 3. The van der Waals surface area contributed by atoms with Gasteiger partial charge in [0.15, 0.2) is 0 Å². The van der Waals surface area contributed by atoms with Crippen molar-refractivity contribution in [2.45, 2.75) is 31.7 Å². The first-order chi connectivity index (χ1) is 7.85. The van der Waals surface area contributed by atoms with Gasteiger partial charge in [-0.05, 0) is 43.2 Å². The highest BCUT2D eigenvalue weighted by Crippen LogP contribution is 2.45. The maximum atomic E-state index is 4.52. The van der Waals surface area contributed by atoms with E-state index < -0.39 is 0 Å². The van der Waals surface area contributed by atoms with E-state index in [1.807, 2.05) is 19.2 Å². The third-order valence-corrected chi connectivity index (χ3v) is 4.08. The second-order valence-corrected chi connectivity index (χ2v) is 5.08. The molecule has 0 aliphatic heterocycles. The van der Waals surface area contributed by atoms with Crippen LogP contribution in [0.3, 0.4) is 0 Å². The Labute approximate surface area is 96.7 Å². The highest BCUT2D eigenvalue weighted by Gasteiger charge is 2.39. The summed E-state index contributed by atoms with van der Waals surface area (Å²) in [5.74, 6) is 3.83. The predicted octanol–water partition coefficient (Wildman–Crippen LogP) is 2.72. The largest absolute Gasteiger partial charge is 0.373 e. The Morgan fingerprint density at radius 1 is 1.19 bits per heavy atom. The third kappa shape index (κ3) is 1.75. The van der Waals surface area contributed by atoms with Crippen LogP contribution in [0.1, 0.15) is 25.7 Å². The molecule has 2 bridgehead atoms. The van der Waals surface area contributed by atoms with Crippen LogP contribution in [0.4, 0.5) is 11.6 Å². The van der Waals surface area contributed by atoms with Crippen LogP contribution in [0, 0.1) is 11.8 Å². The molecule has 2 aliphatic carbocycles. The van der Waals surface area contributed by atoms with Crippen molar-refractivity contribution in [1.82, 2.24) is 4.98 Å². The number of nitrogens with one attached hydrogen (secondary N) is 2. The van der Waals surface area contributed by atoms with Crippen molar-refractivity contribution >= 4 is 11.6 Å². The van der Waals surface area contributed by atoms with Gasteiger partial charge in [-0.3, -0.25) is 0 Å². The highest BCUT2D eigenvalue weighted by molar-refractivity contribution is 5.45. The van der Waals surface area contributed by atoms with Crippen LogP contribution < -0.4 is 10.6 Å². The molecule has 3 rings (SSSR count). The van der Waals surface area contributed by atoms with E-state index in [1.165, 1.54) is 25.7 Å². The van der Waals surface area contributed by atoms with E-state index in [1.54, 1.807) is 0 Å². The molecule has 3 heteroatoms. The SMILES string of the molecule is CNc1cccc(NC2CC3CCC2C3)n1. The van der Waals surface area contributed by atoms with E-state index in [0.29, 0.717) is 6.04 Å². The summed E-state index contributed by atoms with van der Waals surface area (Å²) in [6.07, 6.45) is 5.64. The van der Waals surface area contributed by atoms with E-state index in [-0.39, 0.29) is 0 Å². The van der Waals surface area contributed by atoms with Crippen LogP contribution in [0.15, 0.2) is 18.2 Å². The molecule has 1 aromatic heterocycles. The maximum absolute atomic E-state index is 4.52. The fourth-order valence-electron chi connectivity index (χ4n) is 3.27. The second-order valence-electron chi connectivity index (χ2n) is 5.08. The molecular formula is C13H19N3. The Balaban J connectivity index is 1.69. The summed E-state index contributed by atoms with van der Waals surface area (Å²) in [4.78, 5) is 4.52.